The molecule has 1 saturated heterocycles. The number of nitrogens with one attached hydrogen (secondary N) is 2. The molecule has 0 bridgehead atoms. The predicted octanol–water partition coefficient (Wildman–Crippen LogP) is 3.19. The third-order valence-electron chi connectivity index (χ3n) is 5.33. The third kappa shape index (κ3) is 6.19. The number of furan rings is 1. The van der Waals surface area contributed by atoms with Crippen LogP contribution in [-0.2, 0) is 17.9 Å². The molecule has 0 saturated carbocycles. The molecule has 3 atom stereocenters. The van der Waals surface area contributed by atoms with Gasteiger partial charge in [-0.2, -0.15) is 0 Å². The third-order valence-corrected chi connectivity index (χ3v) is 5.33. The predicted molar refractivity (Wildman–Crippen MR) is 112 cm³/mol. The highest BCUT2D eigenvalue weighted by Crippen LogP contribution is 2.22. The number of likely N-dealkylation sites (tertiary alicyclic amines) is 1. The van der Waals surface area contributed by atoms with Crippen LogP contribution in [0.2, 0.25) is 0 Å². The maximum absolute atomic E-state index is 12.2. The van der Waals surface area contributed by atoms with Crippen LogP contribution in [-0.4, -0.2) is 35.8 Å². The molecule has 2 heterocycles. The van der Waals surface area contributed by atoms with Crippen LogP contribution in [0, 0.1) is 11.8 Å². The number of carbonyl (C=O) groups is 2. The maximum atomic E-state index is 12.2. The lowest BCUT2D eigenvalue weighted by molar-refractivity contribution is -0.122. The molecule has 2 aromatic rings. The Balaban J connectivity index is 1.44. The van der Waals surface area contributed by atoms with Crippen molar-refractivity contribution in [3.05, 3.63) is 59.5 Å². The van der Waals surface area contributed by atoms with Crippen molar-refractivity contribution >= 4 is 11.8 Å². The Bertz CT molecular complexity index is 791. The lowest BCUT2D eigenvalue weighted by atomic mass is 9.91. The van der Waals surface area contributed by atoms with Gasteiger partial charge >= 0.3 is 0 Å². The van der Waals surface area contributed by atoms with E-state index in [0.29, 0.717) is 6.54 Å². The number of benzene rings is 1. The minimum atomic E-state index is -0.644. The van der Waals surface area contributed by atoms with Gasteiger partial charge in [-0.05, 0) is 48.4 Å². The lowest BCUT2D eigenvalue weighted by Crippen LogP contribution is -2.44. The van der Waals surface area contributed by atoms with Crippen LogP contribution in [0.4, 0.5) is 0 Å². The van der Waals surface area contributed by atoms with Crippen molar-refractivity contribution in [3.8, 4) is 0 Å². The highest BCUT2D eigenvalue weighted by atomic mass is 16.3. The number of rotatable bonds is 7. The Morgan fingerprint density at radius 1 is 1.10 bits per heavy atom. The summed E-state index contributed by atoms with van der Waals surface area (Å²) in [7, 11) is 0. The van der Waals surface area contributed by atoms with Crippen LogP contribution in [0.5, 0.6) is 0 Å². The monoisotopic (exact) mass is 397 g/mol. The zero-order valence-electron chi connectivity index (χ0n) is 17.5. The first-order valence-corrected chi connectivity index (χ1v) is 10.3. The largest absolute Gasteiger partial charge is 0.459 e. The zero-order valence-corrected chi connectivity index (χ0v) is 17.5. The van der Waals surface area contributed by atoms with E-state index in [0.717, 1.165) is 37.0 Å². The van der Waals surface area contributed by atoms with Crippen molar-refractivity contribution in [1.82, 2.24) is 15.5 Å². The molecule has 6 nitrogen and oxygen atoms in total. The van der Waals surface area contributed by atoms with E-state index in [-0.39, 0.29) is 11.7 Å². The van der Waals surface area contributed by atoms with Crippen LogP contribution in [0.3, 0.4) is 0 Å². The molecular weight excluding hydrogens is 366 g/mol. The van der Waals surface area contributed by atoms with Crippen molar-refractivity contribution < 1.29 is 14.0 Å². The van der Waals surface area contributed by atoms with E-state index in [4.69, 9.17) is 4.42 Å². The fraction of sp³-hybridized carbons (Fsp3) is 0.478. The van der Waals surface area contributed by atoms with E-state index in [1.54, 1.807) is 19.1 Å². The molecular formula is C23H31N3O3. The van der Waals surface area contributed by atoms with Crippen molar-refractivity contribution in [2.45, 2.75) is 46.3 Å². The van der Waals surface area contributed by atoms with Crippen molar-refractivity contribution in [2.75, 3.05) is 13.1 Å². The molecule has 1 aliphatic heterocycles. The van der Waals surface area contributed by atoms with Gasteiger partial charge in [0.1, 0.15) is 6.04 Å². The van der Waals surface area contributed by atoms with Crippen LogP contribution in [0.25, 0.3) is 0 Å². The summed E-state index contributed by atoms with van der Waals surface area (Å²) in [6, 6.07) is 10.9. The standard InChI is InChI=1S/C23H31N3O3/c1-16-11-17(2)14-26(13-16)15-20-8-6-19(7-9-20)12-24-22(27)18(3)25-23(28)21-5-4-10-29-21/h4-10,16-18H,11-15H2,1-3H3,(H,24,27)(H,25,28)/t16-,17-,18+/m1/s1. The number of hydrogen-bond acceptors (Lipinski definition) is 4. The Kier molecular flexibility index (Phi) is 7.09. The second kappa shape index (κ2) is 9.74. The lowest BCUT2D eigenvalue weighted by Gasteiger charge is -2.35. The zero-order chi connectivity index (χ0) is 20.8. The van der Waals surface area contributed by atoms with E-state index >= 15 is 0 Å². The summed E-state index contributed by atoms with van der Waals surface area (Å²) < 4.78 is 5.04. The summed E-state index contributed by atoms with van der Waals surface area (Å²) in [5.74, 6) is 1.07. The number of hydrogen-bond donors (Lipinski definition) is 2. The van der Waals surface area contributed by atoms with Gasteiger partial charge in [0.15, 0.2) is 5.76 Å². The highest BCUT2D eigenvalue weighted by molar-refractivity contribution is 5.95. The number of nitrogens with zero attached hydrogens (tertiary/aromatic N) is 1. The fourth-order valence-electron chi connectivity index (χ4n) is 4.03. The Hall–Kier alpha value is -2.60. The molecule has 0 spiro atoms. The van der Waals surface area contributed by atoms with Gasteiger partial charge in [0, 0.05) is 26.2 Å². The SMILES string of the molecule is C[C@@H]1C[C@@H](C)CN(Cc2ccc(CNC(=O)[C@H](C)NC(=O)c3ccco3)cc2)C1. The van der Waals surface area contributed by atoms with Gasteiger partial charge in [-0.1, -0.05) is 38.1 Å². The van der Waals surface area contributed by atoms with Crippen LogP contribution < -0.4 is 10.6 Å². The quantitative estimate of drug-likeness (QED) is 0.752. The number of carbonyl (C=O) groups excluding carboxylic acids is 2. The summed E-state index contributed by atoms with van der Waals surface area (Å²) in [4.78, 5) is 26.7. The molecule has 156 valence electrons. The Labute approximate surface area is 172 Å². The van der Waals surface area contributed by atoms with Gasteiger partial charge < -0.3 is 15.1 Å². The highest BCUT2D eigenvalue weighted by Gasteiger charge is 2.21. The number of piperidine rings is 1. The molecule has 0 unspecified atom stereocenters. The van der Waals surface area contributed by atoms with E-state index < -0.39 is 11.9 Å². The van der Waals surface area contributed by atoms with Crippen molar-refractivity contribution in [3.63, 3.8) is 0 Å². The van der Waals surface area contributed by atoms with Crippen molar-refractivity contribution in [1.29, 1.82) is 0 Å². The minimum absolute atomic E-state index is 0.192. The molecule has 3 rings (SSSR count). The minimum Gasteiger partial charge on any atom is -0.459 e. The van der Waals surface area contributed by atoms with Crippen LogP contribution in [0.15, 0.2) is 47.1 Å². The average Bonchev–Trinajstić information content (AvgIpc) is 3.21. The summed E-state index contributed by atoms with van der Waals surface area (Å²) in [6.45, 7) is 10.0. The molecule has 6 heteroatoms. The van der Waals surface area contributed by atoms with Crippen molar-refractivity contribution in [2.24, 2.45) is 11.8 Å². The second-order valence-corrected chi connectivity index (χ2v) is 8.35. The van der Waals surface area contributed by atoms with Gasteiger partial charge in [0.05, 0.1) is 6.26 Å². The fourth-order valence-corrected chi connectivity index (χ4v) is 4.03. The van der Waals surface area contributed by atoms with E-state index in [1.807, 2.05) is 0 Å². The normalized spacial score (nSPS) is 20.8. The van der Waals surface area contributed by atoms with Gasteiger partial charge in [-0.3, -0.25) is 14.5 Å². The summed E-state index contributed by atoms with van der Waals surface area (Å²) >= 11 is 0. The van der Waals surface area contributed by atoms with Gasteiger partial charge in [0.2, 0.25) is 5.91 Å². The van der Waals surface area contributed by atoms with E-state index in [1.165, 1.54) is 18.2 Å². The average molecular weight is 398 g/mol. The smallest absolute Gasteiger partial charge is 0.287 e. The maximum Gasteiger partial charge on any atom is 0.287 e. The van der Waals surface area contributed by atoms with E-state index in [2.05, 4.69) is 53.6 Å². The van der Waals surface area contributed by atoms with Gasteiger partial charge in [0.25, 0.3) is 5.91 Å². The molecule has 1 aliphatic rings. The molecule has 1 fully saturated rings. The van der Waals surface area contributed by atoms with E-state index in [9.17, 15) is 9.59 Å². The topological polar surface area (TPSA) is 74.6 Å². The molecule has 2 amide bonds. The van der Waals surface area contributed by atoms with Gasteiger partial charge in [-0.15, -0.1) is 0 Å². The molecule has 0 aliphatic carbocycles. The molecule has 0 radical (unpaired) electrons. The first-order chi connectivity index (χ1) is 13.9. The summed E-state index contributed by atoms with van der Waals surface area (Å²) in [5, 5.41) is 5.50. The summed E-state index contributed by atoms with van der Waals surface area (Å²) in [5.41, 5.74) is 2.33. The first kappa shape index (κ1) is 21.1. The molecule has 1 aromatic carbocycles. The van der Waals surface area contributed by atoms with Crippen LogP contribution >= 0.6 is 0 Å². The molecule has 1 aromatic heterocycles. The van der Waals surface area contributed by atoms with Crippen LogP contribution in [0.1, 0.15) is 48.9 Å². The second-order valence-electron chi connectivity index (χ2n) is 8.35. The molecule has 2 N–H and O–H groups in total. The number of amides is 2. The Morgan fingerprint density at radius 2 is 1.76 bits per heavy atom. The summed E-state index contributed by atoms with van der Waals surface area (Å²) in [6.07, 6.45) is 2.74. The van der Waals surface area contributed by atoms with Gasteiger partial charge in [-0.25, -0.2) is 0 Å². The first-order valence-electron chi connectivity index (χ1n) is 10.3. The molecule has 29 heavy (non-hydrogen) atoms. The Morgan fingerprint density at radius 3 is 2.38 bits per heavy atom.